The first kappa shape index (κ1) is 15.1. The molecule has 2 rings (SSSR count). The number of aromatic nitrogens is 1. The molecule has 1 aliphatic rings. The highest BCUT2D eigenvalue weighted by Crippen LogP contribution is 2.25. The summed E-state index contributed by atoms with van der Waals surface area (Å²) in [6.45, 7) is 6.34. The zero-order valence-corrected chi connectivity index (χ0v) is 12.9. The number of carbonyl (C=O) groups excluding carboxylic acids is 1. The fraction of sp³-hybridized carbons (Fsp3) is 0.600. The van der Waals surface area contributed by atoms with E-state index in [2.05, 4.69) is 17.2 Å². The van der Waals surface area contributed by atoms with Crippen molar-refractivity contribution < 1.29 is 4.79 Å². The largest absolute Gasteiger partial charge is 0.370 e. The number of nitrogens with zero attached hydrogens (tertiary/aromatic N) is 2. The fourth-order valence-corrected chi connectivity index (χ4v) is 2.83. The molecule has 1 N–H and O–H groups in total. The number of pyridine rings is 1. The zero-order valence-electron chi connectivity index (χ0n) is 12.2. The molecular weight excluding hydrogens is 274 g/mol. The van der Waals surface area contributed by atoms with Crippen LogP contribution in [0.1, 0.15) is 38.8 Å². The lowest BCUT2D eigenvalue weighted by Gasteiger charge is -2.17. The maximum Gasteiger partial charge on any atom is 0.223 e. The Hall–Kier alpha value is -1.29. The quantitative estimate of drug-likeness (QED) is 0.876. The minimum atomic E-state index is 0.218. The number of halogens is 1. The molecule has 0 aliphatic carbocycles. The van der Waals surface area contributed by atoms with E-state index in [1.54, 1.807) is 0 Å². The Morgan fingerprint density at radius 2 is 2.25 bits per heavy atom. The number of hydrogen-bond donors (Lipinski definition) is 1. The van der Waals surface area contributed by atoms with Crippen LogP contribution >= 0.6 is 11.6 Å². The predicted octanol–water partition coefficient (Wildman–Crippen LogP) is 3.32. The lowest BCUT2D eigenvalue weighted by molar-refractivity contribution is -0.128. The minimum Gasteiger partial charge on any atom is -0.370 e. The molecule has 1 fully saturated rings. The molecule has 4 nitrogen and oxygen atoms in total. The third-order valence-electron chi connectivity index (χ3n) is 3.61. The van der Waals surface area contributed by atoms with Crippen LogP contribution in [0.25, 0.3) is 0 Å². The van der Waals surface area contributed by atoms with Crippen LogP contribution < -0.4 is 5.32 Å². The Morgan fingerprint density at radius 1 is 1.45 bits per heavy atom. The third-order valence-corrected chi connectivity index (χ3v) is 3.95. The Bertz CT molecular complexity index is 478. The number of likely N-dealkylation sites (tertiary alicyclic amines) is 1. The smallest absolute Gasteiger partial charge is 0.223 e. The van der Waals surface area contributed by atoms with Gasteiger partial charge in [0.05, 0.1) is 17.3 Å². The van der Waals surface area contributed by atoms with Crippen LogP contribution in [0.5, 0.6) is 0 Å². The Labute approximate surface area is 125 Å². The maximum absolute atomic E-state index is 12.0. The van der Waals surface area contributed by atoms with Crippen molar-refractivity contribution in [2.45, 2.75) is 39.7 Å². The van der Waals surface area contributed by atoms with Gasteiger partial charge in [-0.25, -0.2) is 4.98 Å². The summed E-state index contributed by atoms with van der Waals surface area (Å²) < 4.78 is 0. The molecule has 0 saturated carbocycles. The Kier molecular flexibility index (Phi) is 5.24. The van der Waals surface area contributed by atoms with Crippen molar-refractivity contribution in [2.24, 2.45) is 5.92 Å². The number of anilines is 1. The minimum absolute atomic E-state index is 0.218. The zero-order chi connectivity index (χ0) is 14.5. The van der Waals surface area contributed by atoms with E-state index in [1.807, 2.05) is 24.0 Å². The van der Waals surface area contributed by atoms with Gasteiger partial charge in [-0.2, -0.15) is 0 Å². The first-order valence-electron chi connectivity index (χ1n) is 7.31. The fourth-order valence-electron chi connectivity index (χ4n) is 2.66. The van der Waals surface area contributed by atoms with Gasteiger partial charge in [0.25, 0.3) is 0 Å². The summed E-state index contributed by atoms with van der Waals surface area (Å²) in [7, 11) is 0. The molecule has 0 aromatic carbocycles. The van der Waals surface area contributed by atoms with Gasteiger partial charge in [0, 0.05) is 19.5 Å². The summed E-state index contributed by atoms with van der Waals surface area (Å²) in [5, 5.41) is 3.79. The van der Waals surface area contributed by atoms with E-state index in [1.165, 1.54) is 0 Å². The van der Waals surface area contributed by atoms with Gasteiger partial charge in [-0.05, 0) is 31.4 Å². The molecule has 20 heavy (non-hydrogen) atoms. The van der Waals surface area contributed by atoms with E-state index in [0.29, 0.717) is 23.9 Å². The highest BCUT2D eigenvalue weighted by Gasteiger charge is 2.29. The van der Waals surface area contributed by atoms with Gasteiger partial charge in [0.1, 0.15) is 5.82 Å². The second kappa shape index (κ2) is 6.93. The Balaban J connectivity index is 2.06. The van der Waals surface area contributed by atoms with Gasteiger partial charge in [0.15, 0.2) is 0 Å². The van der Waals surface area contributed by atoms with E-state index >= 15 is 0 Å². The van der Waals surface area contributed by atoms with Crippen LogP contribution in [0.15, 0.2) is 12.1 Å². The first-order chi connectivity index (χ1) is 9.63. The number of carbonyl (C=O) groups is 1. The summed E-state index contributed by atoms with van der Waals surface area (Å²) in [5.41, 5.74) is 0.774. The second-order valence-corrected chi connectivity index (χ2v) is 5.70. The van der Waals surface area contributed by atoms with Gasteiger partial charge >= 0.3 is 0 Å². The monoisotopic (exact) mass is 295 g/mol. The van der Waals surface area contributed by atoms with Crippen LogP contribution in [0.4, 0.5) is 5.82 Å². The number of rotatable bonds is 6. The van der Waals surface area contributed by atoms with Crippen LogP contribution in [0, 0.1) is 5.92 Å². The molecule has 1 saturated heterocycles. The molecule has 1 unspecified atom stereocenters. The van der Waals surface area contributed by atoms with E-state index in [9.17, 15) is 4.79 Å². The van der Waals surface area contributed by atoms with E-state index in [4.69, 9.17) is 11.6 Å². The highest BCUT2D eigenvalue weighted by atomic mass is 35.5. The second-order valence-electron chi connectivity index (χ2n) is 5.29. The molecule has 1 amide bonds. The van der Waals surface area contributed by atoms with Gasteiger partial charge in [-0.3, -0.25) is 4.79 Å². The van der Waals surface area contributed by atoms with E-state index in [-0.39, 0.29) is 5.91 Å². The summed E-state index contributed by atoms with van der Waals surface area (Å²) in [4.78, 5) is 18.4. The van der Waals surface area contributed by atoms with Gasteiger partial charge < -0.3 is 10.2 Å². The van der Waals surface area contributed by atoms with Crippen LogP contribution in [-0.2, 0) is 11.3 Å². The molecular formula is C15H22ClN3O. The molecule has 0 spiro atoms. The Morgan fingerprint density at radius 3 is 2.95 bits per heavy atom. The molecule has 5 heteroatoms. The SMILES string of the molecule is CCCC1CC(=O)N(Cc2nc(NCC)ccc2Cl)C1. The maximum atomic E-state index is 12.0. The molecule has 1 atom stereocenters. The average Bonchev–Trinajstić information content (AvgIpc) is 2.75. The third kappa shape index (κ3) is 3.63. The van der Waals surface area contributed by atoms with E-state index in [0.717, 1.165) is 37.4 Å². The lowest BCUT2D eigenvalue weighted by atomic mass is 10.0. The topological polar surface area (TPSA) is 45.2 Å². The number of hydrogen-bond acceptors (Lipinski definition) is 3. The summed E-state index contributed by atoms with van der Waals surface area (Å²) in [5.74, 6) is 1.52. The van der Waals surface area contributed by atoms with Crippen LogP contribution in [0.3, 0.4) is 0 Å². The number of nitrogens with one attached hydrogen (secondary N) is 1. The normalized spacial score (nSPS) is 18.6. The van der Waals surface area contributed by atoms with Gasteiger partial charge in [0.2, 0.25) is 5.91 Å². The standard InChI is InChI=1S/C15H22ClN3O/c1-3-5-11-8-15(20)19(9-11)10-13-12(16)6-7-14(18-13)17-4-2/h6-7,11H,3-5,8-10H2,1-2H3,(H,17,18). The van der Waals surface area contributed by atoms with Crippen LogP contribution in [0.2, 0.25) is 5.02 Å². The highest BCUT2D eigenvalue weighted by molar-refractivity contribution is 6.31. The van der Waals surface area contributed by atoms with Crippen molar-refractivity contribution in [3.63, 3.8) is 0 Å². The predicted molar refractivity (Wildman–Crippen MR) is 81.8 cm³/mol. The molecule has 0 radical (unpaired) electrons. The van der Waals surface area contributed by atoms with Crippen molar-refractivity contribution in [3.8, 4) is 0 Å². The molecule has 1 aromatic heterocycles. The van der Waals surface area contributed by atoms with Crippen LogP contribution in [-0.4, -0.2) is 28.9 Å². The van der Waals surface area contributed by atoms with E-state index < -0.39 is 0 Å². The molecule has 1 aliphatic heterocycles. The van der Waals surface area contributed by atoms with Crippen molar-refractivity contribution in [2.75, 3.05) is 18.4 Å². The molecule has 1 aromatic rings. The molecule has 110 valence electrons. The lowest BCUT2D eigenvalue weighted by Crippen LogP contribution is -2.25. The summed E-state index contributed by atoms with van der Waals surface area (Å²) >= 11 is 6.19. The summed E-state index contributed by atoms with van der Waals surface area (Å²) in [6.07, 6.45) is 2.90. The van der Waals surface area contributed by atoms with Crippen molar-refractivity contribution in [1.82, 2.24) is 9.88 Å². The number of amides is 1. The van der Waals surface area contributed by atoms with Gasteiger partial charge in [-0.15, -0.1) is 0 Å². The van der Waals surface area contributed by atoms with Crippen molar-refractivity contribution >= 4 is 23.3 Å². The van der Waals surface area contributed by atoms with Gasteiger partial charge in [-0.1, -0.05) is 24.9 Å². The molecule has 2 heterocycles. The average molecular weight is 296 g/mol. The summed E-state index contributed by atoms with van der Waals surface area (Å²) in [6, 6.07) is 3.70. The molecule has 0 bridgehead atoms. The first-order valence-corrected chi connectivity index (χ1v) is 7.68. The van der Waals surface area contributed by atoms with Crippen molar-refractivity contribution in [3.05, 3.63) is 22.8 Å². The van der Waals surface area contributed by atoms with Crippen molar-refractivity contribution in [1.29, 1.82) is 0 Å².